The van der Waals surface area contributed by atoms with Gasteiger partial charge in [-0.2, -0.15) is 0 Å². The van der Waals surface area contributed by atoms with Crippen molar-refractivity contribution in [2.24, 2.45) is 7.05 Å². The van der Waals surface area contributed by atoms with Crippen LogP contribution in [0.15, 0.2) is 27.4 Å². The van der Waals surface area contributed by atoms with Gasteiger partial charge in [-0.05, 0) is 57.2 Å². The first kappa shape index (κ1) is 13.8. The van der Waals surface area contributed by atoms with E-state index in [1.165, 1.54) is 10.1 Å². The first-order chi connectivity index (χ1) is 9.22. The van der Waals surface area contributed by atoms with Crippen molar-refractivity contribution < 1.29 is 4.42 Å². The Labute approximate surface area is 112 Å². The van der Waals surface area contributed by atoms with Gasteiger partial charge in [0.1, 0.15) is 0 Å². The molecule has 0 amide bonds. The summed E-state index contributed by atoms with van der Waals surface area (Å²) in [5, 5.41) is 6.52. The molecule has 0 radical (unpaired) electrons. The van der Waals surface area contributed by atoms with Crippen LogP contribution in [0.5, 0.6) is 0 Å². The number of oxazole rings is 1. The normalized spacial score (nSPS) is 11.3. The first-order valence-corrected chi connectivity index (χ1v) is 6.66. The van der Waals surface area contributed by atoms with Gasteiger partial charge in [0, 0.05) is 7.05 Å². The molecule has 1 aromatic carbocycles. The van der Waals surface area contributed by atoms with Crippen LogP contribution in [0.1, 0.15) is 12.0 Å². The number of benzene rings is 1. The van der Waals surface area contributed by atoms with Gasteiger partial charge in [0.15, 0.2) is 5.58 Å². The van der Waals surface area contributed by atoms with Gasteiger partial charge < -0.3 is 15.1 Å². The van der Waals surface area contributed by atoms with Crippen molar-refractivity contribution in [1.29, 1.82) is 0 Å². The number of nitrogens with one attached hydrogen (secondary N) is 2. The van der Waals surface area contributed by atoms with Crippen molar-refractivity contribution in [1.82, 2.24) is 15.2 Å². The van der Waals surface area contributed by atoms with Gasteiger partial charge in [-0.25, -0.2) is 4.79 Å². The van der Waals surface area contributed by atoms with Crippen molar-refractivity contribution in [2.75, 3.05) is 26.7 Å². The number of aryl methyl sites for hydroxylation is 1. The summed E-state index contributed by atoms with van der Waals surface area (Å²) < 4.78 is 6.70. The second kappa shape index (κ2) is 6.54. The molecular weight excluding hydrogens is 242 g/mol. The van der Waals surface area contributed by atoms with E-state index in [0.29, 0.717) is 5.58 Å². The molecule has 0 spiro atoms. The number of aromatic nitrogens is 1. The maximum Gasteiger partial charge on any atom is 0.419 e. The third kappa shape index (κ3) is 3.45. The summed E-state index contributed by atoms with van der Waals surface area (Å²) in [4.78, 5) is 11.4. The molecule has 0 aliphatic carbocycles. The van der Waals surface area contributed by atoms with Gasteiger partial charge >= 0.3 is 5.76 Å². The fourth-order valence-corrected chi connectivity index (χ4v) is 2.08. The summed E-state index contributed by atoms with van der Waals surface area (Å²) in [5.74, 6) is -0.308. The highest BCUT2D eigenvalue weighted by Gasteiger charge is 2.05. The smallest absolute Gasteiger partial charge is 0.408 e. The average Bonchev–Trinajstić information content (AvgIpc) is 2.69. The molecule has 0 unspecified atom stereocenters. The second-order valence-electron chi connectivity index (χ2n) is 4.69. The van der Waals surface area contributed by atoms with E-state index >= 15 is 0 Å². The van der Waals surface area contributed by atoms with E-state index in [4.69, 9.17) is 4.42 Å². The molecule has 0 aliphatic rings. The molecule has 1 aromatic heterocycles. The molecule has 0 bridgehead atoms. The highest BCUT2D eigenvalue weighted by atomic mass is 16.4. The zero-order chi connectivity index (χ0) is 13.7. The summed E-state index contributed by atoms with van der Waals surface area (Å²) in [6.07, 6.45) is 2.07. The van der Waals surface area contributed by atoms with Crippen LogP contribution in [0.3, 0.4) is 0 Å². The predicted molar refractivity (Wildman–Crippen MR) is 76.6 cm³/mol. The van der Waals surface area contributed by atoms with Gasteiger partial charge in [0.25, 0.3) is 0 Å². The Hall–Kier alpha value is -1.59. The monoisotopic (exact) mass is 263 g/mol. The van der Waals surface area contributed by atoms with E-state index in [1.54, 1.807) is 7.05 Å². The lowest BCUT2D eigenvalue weighted by Crippen LogP contribution is -2.21. The van der Waals surface area contributed by atoms with E-state index in [0.717, 1.165) is 38.0 Å². The Bertz CT molecular complexity index is 586. The molecule has 0 aliphatic heterocycles. The van der Waals surface area contributed by atoms with Gasteiger partial charge in [0.05, 0.1) is 5.52 Å². The molecule has 0 saturated heterocycles. The summed E-state index contributed by atoms with van der Waals surface area (Å²) >= 11 is 0. The molecule has 0 atom stereocenters. The van der Waals surface area contributed by atoms with Crippen LogP contribution in [0.2, 0.25) is 0 Å². The zero-order valence-corrected chi connectivity index (χ0v) is 11.5. The number of nitrogens with zero attached hydrogens (tertiary/aromatic N) is 1. The quantitative estimate of drug-likeness (QED) is 0.728. The van der Waals surface area contributed by atoms with Crippen LogP contribution in [-0.2, 0) is 13.5 Å². The topological polar surface area (TPSA) is 59.2 Å². The van der Waals surface area contributed by atoms with Crippen LogP contribution in [0.4, 0.5) is 0 Å². The molecule has 5 nitrogen and oxygen atoms in total. The molecule has 104 valence electrons. The molecule has 0 fully saturated rings. The van der Waals surface area contributed by atoms with Crippen molar-refractivity contribution in [3.05, 3.63) is 34.3 Å². The SMILES string of the molecule is CNCCCNCCc1ccc2c(c1)oc(=O)n2C. The standard InChI is InChI=1S/C14H21N3O2/c1-15-7-3-8-16-9-6-11-4-5-12-13(10-11)19-14(18)17(12)2/h4-5,10,15-16H,3,6-9H2,1-2H3. The van der Waals surface area contributed by atoms with Crippen LogP contribution in [0.25, 0.3) is 11.1 Å². The molecule has 2 aromatic rings. The summed E-state index contributed by atoms with van der Waals surface area (Å²) in [6.45, 7) is 2.99. The molecule has 2 N–H and O–H groups in total. The molecular formula is C14H21N3O2. The number of hydrogen-bond donors (Lipinski definition) is 2. The third-order valence-electron chi connectivity index (χ3n) is 3.23. The summed E-state index contributed by atoms with van der Waals surface area (Å²) in [6, 6.07) is 5.94. The first-order valence-electron chi connectivity index (χ1n) is 6.66. The lowest BCUT2D eigenvalue weighted by atomic mass is 10.1. The minimum atomic E-state index is -0.308. The molecule has 0 saturated carbocycles. The van der Waals surface area contributed by atoms with Crippen LogP contribution >= 0.6 is 0 Å². The Balaban J connectivity index is 1.89. The molecule has 2 rings (SSSR count). The lowest BCUT2D eigenvalue weighted by Gasteiger charge is -2.04. The van der Waals surface area contributed by atoms with E-state index in [-0.39, 0.29) is 5.76 Å². The van der Waals surface area contributed by atoms with Crippen LogP contribution in [0, 0.1) is 0 Å². The Kier molecular flexibility index (Phi) is 4.76. The largest absolute Gasteiger partial charge is 0.419 e. The second-order valence-corrected chi connectivity index (χ2v) is 4.69. The Morgan fingerprint density at radius 2 is 2.11 bits per heavy atom. The zero-order valence-electron chi connectivity index (χ0n) is 11.5. The van der Waals surface area contributed by atoms with Crippen molar-refractivity contribution in [3.63, 3.8) is 0 Å². The number of hydrogen-bond acceptors (Lipinski definition) is 4. The van der Waals surface area contributed by atoms with Crippen LogP contribution < -0.4 is 16.4 Å². The summed E-state index contributed by atoms with van der Waals surface area (Å²) in [5.41, 5.74) is 2.69. The minimum Gasteiger partial charge on any atom is -0.408 e. The van der Waals surface area contributed by atoms with Crippen molar-refractivity contribution >= 4 is 11.1 Å². The van der Waals surface area contributed by atoms with Gasteiger partial charge in [0.2, 0.25) is 0 Å². The fourth-order valence-electron chi connectivity index (χ4n) is 2.08. The van der Waals surface area contributed by atoms with E-state index in [9.17, 15) is 4.79 Å². The Morgan fingerprint density at radius 3 is 2.89 bits per heavy atom. The fraction of sp³-hybridized carbons (Fsp3) is 0.500. The molecule has 19 heavy (non-hydrogen) atoms. The lowest BCUT2D eigenvalue weighted by molar-refractivity contribution is 0.527. The van der Waals surface area contributed by atoms with Gasteiger partial charge in [-0.1, -0.05) is 6.07 Å². The summed E-state index contributed by atoms with van der Waals surface area (Å²) in [7, 11) is 3.68. The number of rotatable bonds is 7. The maximum absolute atomic E-state index is 11.4. The highest BCUT2D eigenvalue weighted by molar-refractivity contribution is 5.73. The van der Waals surface area contributed by atoms with Crippen LogP contribution in [-0.4, -0.2) is 31.2 Å². The maximum atomic E-state index is 11.4. The van der Waals surface area contributed by atoms with Crippen molar-refractivity contribution in [3.8, 4) is 0 Å². The molecule has 5 heteroatoms. The van der Waals surface area contributed by atoms with Crippen molar-refractivity contribution in [2.45, 2.75) is 12.8 Å². The van der Waals surface area contributed by atoms with E-state index < -0.39 is 0 Å². The third-order valence-corrected chi connectivity index (χ3v) is 3.23. The van der Waals surface area contributed by atoms with E-state index in [2.05, 4.69) is 10.6 Å². The molecule has 1 heterocycles. The van der Waals surface area contributed by atoms with Gasteiger partial charge in [-0.15, -0.1) is 0 Å². The average molecular weight is 263 g/mol. The predicted octanol–water partition coefficient (Wildman–Crippen LogP) is 0.873. The highest BCUT2D eigenvalue weighted by Crippen LogP contribution is 2.14. The Morgan fingerprint density at radius 1 is 1.26 bits per heavy atom. The van der Waals surface area contributed by atoms with Gasteiger partial charge in [-0.3, -0.25) is 4.57 Å². The minimum absolute atomic E-state index is 0.308. The van der Waals surface area contributed by atoms with E-state index in [1.807, 2.05) is 25.2 Å². The number of fused-ring (bicyclic) bond motifs is 1.